The minimum Gasteiger partial charge on any atom is -0.277 e. The van der Waals surface area contributed by atoms with E-state index in [0.29, 0.717) is 0 Å². The summed E-state index contributed by atoms with van der Waals surface area (Å²) >= 11 is 1.68. The van der Waals surface area contributed by atoms with Gasteiger partial charge in [0.1, 0.15) is 0 Å². The fourth-order valence-corrected chi connectivity index (χ4v) is 3.75. The molecule has 5 heteroatoms. The third-order valence-corrected chi connectivity index (χ3v) is 4.77. The van der Waals surface area contributed by atoms with Crippen LogP contribution in [-0.2, 0) is 9.63 Å². The Morgan fingerprint density at radius 2 is 2.15 bits per heavy atom. The number of nitrogens with zero attached hydrogens (tertiary/aromatic N) is 1. The summed E-state index contributed by atoms with van der Waals surface area (Å²) in [6, 6.07) is 8.08. The van der Waals surface area contributed by atoms with Gasteiger partial charge in [-0.2, -0.15) is 0 Å². The summed E-state index contributed by atoms with van der Waals surface area (Å²) in [5, 5.41) is 1.03. The zero-order valence-corrected chi connectivity index (χ0v) is 12.0. The lowest BCUT2D eigenvalue weighted by molar-refractivity contribution is -0.136. The number of aromatic nitrogens is 1. The van der Waals surface area contributed by atoms with Crippen molar-refractivity contribution in [1.82, 2.24) is 10.5 Å². The van der Waals surface area contributed by atoms with Gasteiger partial charge in [0.2, 0.25) is 5.91 Å². The van der Waals surface area contributed by atoms with E-state index in [1.54, 1.807) is 11.3 Å². The summed E-state index contributed by atoms with van der Waals surface area (Å²) in [4.78, 5) is 21.6. The summed E-state index contributed by atoms with van der Waals surface area (Å²) in [5.41, 5.74) is 3.46. The number of carbonyl (C=O) groups is 1. The van der Waals surface area contributed by atoms with Gasteiger partial charge in [0.25, 0.3) is 0 Å². The SMILES string of the molecule is CONC(=O)[C@@H]1CC=CC[C@@H]1c1nc2ccccc2s1. The third kappa shape index (κ3) is 2.46. The maximum atomic E-state index is 12.1. The van der Waals surface area contributed by atoms with Gasteiger partial charge < -0.3 is 0 Å². The molecule has 0 aliphatic heterocycles. The number of benzene rings is 1. The van der Waals surface area contributed by atoms with E-state index in [0.717, 1.165) is 23.4 Å². The van der Waals surface area contributed by atoms with E-state index in [-0.39, 0.29) is 17.7 Å². The van der Waals surface area contributed by atoms with Crippen LogP contribution in [0.5, 0.6) is 0 Å². The highest BCUT2D eigenvalue weighted by molar-refractivity contribution is 7.18. The molecule has 4 nitrogen and oxygen atoms in total. The minimum atomic E-state index is -0.111. The Kier molecular flexibility index (Phi) is 3.80. The van der Waals surface area contributed by atoms with Crippen LogP contribution in [0.4, 0.5) is 0 Å². The molecule has 1 heterocycles. The van der Waals surface area contributed by atoms with Gasteiger partial charge in [-0.1, -0.05) is 24.3 Å². The highest BCUT2D eigenvalue weighted by Gasteiger charge is 2.32. The standard InChI is InChI=1S/C15H16N2O2S/c1-19-17-14(18)10-6-2-3-7-11(10)15-16-12-8-4-5-9-13(12)20-15/h2-5,8-11H,6-7H2,1H3,(H,17,18)/t10-,11+/m1/s1. The van der Waals surface area contributed by atoms with Crippen molar-refractivity contribution in [3.8, 4) is 0 Å². The zero-order chi connectivity index (χ0) is 13.9. The van der Waals surface area contributed by atoms with E-state index in [1.165, 1.54) is 11.8 Å². The number of para-hydroxylation sites is 1. The first-order valence-electron chi connectivity index (χ1n) is 6.63. The molecule has 104 valence electrons. The number of carbonyl (C=O) groups excluding carboxylic acids is 1. The maximum Gasteiger partial charge on any atom is 0.247 e. The summed E-state index contributed by atoms with van der Waals surface area (Å²) < 4.78 is 1.17. The van der Waals surface area contributed by atoms with Gasteiger partial charge in [0, 0.05) is 5.92 Å². The molecule has 3 rings (SSSR count). The van der Waals surface area contributed by atoms with Crippen LogP contribution in [0.15, 0.2) is 36.4 Å². The number of amides is 1. The van der Waals surface area contributed by atoms with Crippen LogP contribution >= 0.6 is 11.3 Å². The number of thiazole rings is 1. The van der Waals surface area contributed by atoms with Crippen molar-refractivity contribution in [3.05, 3.63) is 41.4 Å². The molecule has 1 aliphatic rings. The van der Waals surface area contributed by atoms with Crippen molar-refractivity contribution in [1.29, 1.82) is 0 Å². The molecule has 1 aliphatic carbocycles. The van der Waals surface area contributed by atoms with E-state index >= 15 is 0 Å². The predicted octanol–water partition coefficient (Wildman–Crippen LogP) is 3.02. The summed E-state index contributed by atoms with van der Waals surface area (Å²) in [6.07, 6.45) is 5.77. The first-order valence-corrected chi connectivity index (χ1v) is 7.44. The van der Waals surface area contributed by atoms with Gasteiger partial charge in [-0.3, -0.25) is 9.63 Å². The van der Waals surface area contributed by atoms with Gasteiger partial charge in [-0.25, -0.2) is 10.5 Å². The lowest BCUT2D eigenvalue weighted by Gasteiger charge is -2.25. The topological polar surface area (TPSA) is 51.2 Å². The smallest absolute Gasteiger partial charge is 0.247 e. The molecule has 0 unspecified atom stereocenters. The predicted molar refractivity (Wildman–Crippen MR) is 79.4 cm³/mol. The first kappa shape index (κ1) is 13.3. The number of hydrogen-bond donors (Lipinski definition) is 1. The number of fused-ring (bicyclic) bond motifs is 1. The van der Waals surface area contributed by atoms with E-state index < -0.39 is 0 Å². The number of hydrogen-bond acceptors (Lipinski definition) is 4. The maximum absolute atomic E-state index is 12.1. The quantitative estimate of drug-likeness (QED) is 0.697. The number of rotatable bonds is 3. The molecule has 0 saturated heterocycles. The van der Waals surface area contributed by atoms with Gasteiger partial charge in [-0.15, -0.1) is 11.3 Å². The second kappa shape index (κ2) is 5.73. The van der Waals surface area contributed by atoms with Gasteiger partial charge in [0.05, 0.1) is 28.3 Å². The average molecular weight is 288 g/mol. The Labute approximate surface area is 121 Å². The molecular weight excluding hydrogens is 272 g/mol. The van der Waals surface area contributed by atoms with Crippen molar-refractivity contribution in [2.45, 2.75) is 18.8 Å². The normalized spacial score (nSPS) is 22.1. The first-order chi connectivity index (χ1) is 9.79. The van der Waals surface area contributed by atoms with Gasteiger partial charge >= 0.3 is 0 Å². The molecular formula is C15H16N2O2S. The molecule has 0 fully saturated rings. The second-order valence-corrected chi connectivity index (χ2v) is 5.91. The largest absolute Gasteiger partial charge is 0.277 e. The number of allylic oxidation sites excluding steroid dienone is 2. The number of nitrogens with one attached hydrogen (secondary N) is 1. The molecule has 20 heavy (non-hydrogen) atoms. The monoisotopic (exact) mass is 288 g/mol. The molecule has 0 spiro atoms. The third-order valence-electron chi connectivity index (χ3n) is 3.60. The lowest BCUT2D eigenvalue weighted by Crippen LogP contribution is -2.34. The van der Waals surface area contributed by atoms with Crippen LogP contribution in [0.25, 0.3) is 10.2 Å². The molecule has 2 atom stereocenters. The molecule has 1 aromatic heterocycles. The molecule has 0 radical (unpaired) electrons. The van der Waals surface area contributed by atoms with Crippen molar-refractivity contribution >= 4 is 27.5 Å². The molecule has 0 bridgehead atoms. The Morgan fingerprint density at radius 1 is 1.35 bits per heavy atom. The Bertz CT molecular complexity index is 617. The van der Waals surface area contributed by atoms with E-state index in [4.69, 9.17) is 9.82 Å². The molecule has 1 amide bonds. The van der Waals surface area contributed by atoms with Crippen molar-refractivity contribution < 1.29 is 9.63 Å². The van der Waals surface area contributed by atoms with Crippen LogP contribution in [0.1, 0.15) is 23.8 Å². The Morgan fingerprint density at radius 3 is 2.95 bits per heavy atom. The Balaban J connectivity index is 1.93. The van der Waals surface area contributed by atoms with E-state index in [2.05, 4.69) is 23.7 Å². The summed E-state index contributed by atoms with van der Waals surface area (Å²) in [7, 11) is 1.46. The van der Waals surface area contributed by atoms with Crippen molar-refractivity contribution in [3.63, 3.8) is 0 Å². The molecule has 1 aromatic carbocycles. The second-order valence-electron chi connectivity index (χ2n) is 4.85. The lowest BCUT2D eigenvalue weighted by atomic mass is 9.83. The summed E-state index contributed by atoms with van der Waals surface area (Å²) in [6.45, 7) is 0. The fraction of sp³-hybridized carbons (Fsp3) is 0.333. The zero-order valence-electron chi connectivity index (χ0n) is 11.2. The van der Waals surface area contributed by atoms with Gasteiger partial charge in [-0.05, 0) is 25.0 Å². The van der Waals surface area contributed by atoms with E-state index in [1.807, 2.05) is 18.2 Å². The molecule has 1 N–H and O–H groups in total. The van der Waals surface area contributed by atoms with Crippen LogP contribution in [0.3, 0.4) is 0 Å². The van der Waals surface area contributed by atoms with Crippen LogP contribution in [0.2, 0.25) is 0 Å². The Hall–Kier alpha value is -1.72. The molecule has 2 aromatic rings. The van der Waals surface area contributed by atoms with Crippen molar-refractivity contribution in [2.24, 2.45) is 5.92 Å². The van der Waals surface area contributed by atoms with Crippen molar-refractivity contribution in [2.75, 3.05) is 7.11 Å². The summed E-state index contributed by atoms with van der Waals surface area (Å²) in [5.74, 6) is -0.0471. The van der Waals surface area contributed by atoms with E-state index in [9.17, 15) is 4.79 Å². The fourth-order valence-electron chi connectivity index (χ4n) is 2.60. The average Bonchev–Trinajstić information content (AvgIpc) is 2.91. The highest BCUT2D eigenvalue weighted by Crippen LogP contribution is 2.38. The van der Waals surface area contributed by atoms with Crippen LogP contribution < -0.4 is 5.48 Å². The minimum absolute atomic E-state index is 0.0684. The highest BCUT2D eigenvalue weighted by atomic mass is 32.1. The van der Waals surface area contributed by atoms with Crippen LogP contribution in [0, 0.1) is 5.92 Å². The number of hydroxylamine groups is 1. The molecule has 0 saturated carbocycles. The van der Waals surface area contributed by atoms with Gasteiger partial charge in [0.15, 0.2) is 0 Å². The van der Waals surface area contributed by atoms with Crippen LogP contribution in [-0.4, -0.2) is 18.0 Å².